The van der Waals surface area contributed by atoms with E-state index < -0.39 is 15.8 Å². The summed E-state index contributed by atoms with van der Waals surface area (Å²) in [6.07, 6.45) is 5.81. The quantitative estimate of drug-likeness (QED) is 0.450. The number of aromatic nitrogens is 1. The summed E-state index contributed by atoms with van der Waals surface area (Å²) in [5, 5.41) is 16.0. The molecule has 8 nitrogen and oxygen atoms in total. The second-order valence-electron chi connectivity index (χ2n) is 6.44. The van der Waals surface area contributed by atoms with Crippen LogP contribution in [0.5, 0.6) is 0 Å². The minimum Gasteiger partial charge on any atom is -0.481 e. The molecule has 1 aromatic heterocycles. The van der Waals surface area contributed by atoms with Gasteiger partial charge in [0.1, 0.15) is 0 Å². The summed E-state index contributed by atoms with van der Waals surface area (Å²) in [5.41, 5.74) is 0. The van der Waals surface area contributed by atoms with Crippen molar-refractivity contribution >= 4 is 33.6 Å². The Hall–Kier alpha value is -2.07. The van der Waals surface area contributed by atoms with Crippen molar-refractivity contribution in [2.75, 3.05) is 5.75 Å². The Morgan fingerprint density at radius 2 is 2.14 bits per heavy atom. The molecule has 2 amide bonds. The van der Waals surface area contributed by atoms with E-state index in [4.69, 9.17) is 5.11 Å². The van der Waals surface area contributed by atoms with E-state index in [9.17, 15) is 18.0 Å². The number of carboxylic acid groups (broad SMARTS) is 1. The lowest BCUT2D eigenvalue weighted by Gasteiger charge is -2.16. The number of thioether (sulfide) groups is 1. The lowest BCUT2D eigenvalue weighted by atomic mass is 10.0. The van der Waals surface area contributed by atoms with Crippen LogP contribution in [0.3, 0.4) is 0 Å². The standard InChI is InChI=1S/C10H16N2O3S.C8H9NO2S/c13-8(14)4-2-1-3-7-9-6(5-16-7)11-10(15)12-9;1-2-7-12(10,11)8-5-3-4-6-9-8/h6-7,9H,1-5H2,(H,13,14)(H2,11,12,15);2-7H,1H3/b;7-2-/t6-,7-,9-;/m0./s1. The highest BCUT2D eigenvalue weighted by Gasteiger charge is 2.42. The number of urea groups is 1. The molecule has 10 heteroatoms. The number of carbonyl (C=O) groups is 2. The number of carbonyl (C=O) groups excluding carboxylic acids is 1. The van der Waals surface area contributed by atoms with Gasteiger partial charge in [-0.2, -0.15) is 11.8 Å². The van der Waals surface area contributed by atoms with E-state index in [0.717, 1.165) is 30.4 Å². The molecule has 2 aliphatic heterocycles. The van der Waals surface area contributed by atoms with E-state index in [0.29, 0.717) is 5.25 Å². The number of sulfone groups is 1. The minimum atomic E-state index is -3.30. The van der Waals surface area contributed by atoms with Gasteiger partial charge in [0.05, 0.1) is 12.1 Å². The fraction of sp³-hybridized carbons (Fsp3) is 0.500. The largest absolute Gasteiger partial charge is 0.481 e. The zero-order valence-corrected chi connectivity index (χ0v) is 17.2. The number of rotatable bonds is 7. The van der Waals surface area contributed by atoms with Gasteiger partial charge >= 0.3 is 12.0 Å². The van der Waals surface area contributed by atoms with E-state index in [1.54, 1.807) is 19.1 Å². The summed E-state index contributed by atoms with van der Waals surface area (Å²) in [5.74, 6) is 0.236. The average Bonchev–Trinajstić information content (AvgIpc) is 3.19. The van der Waals surface area contributed by atoms with Crippen LogP contribution in [0.1, 0.15) is 32.6 Å². The number of nitrogens with zero attached hydrogens (tertiary/aromatic N) is 1. The molecule has 0 spiro atoms. The van der Waals surface area contributed by atoms with Crippen molar-refractivity contribution in [3.8, 4) is 0 Å². The van der Waals surface area contributed by atoms with E-state index >= 15 is 0 Å². The van der Waals surface area contributed by atoms with Gasteiger partial charge in [0, 0.05) is 29.0 Å². The summed E-state index contributed by atoms with van der Waals surface area (Å²) in [6.45, 7) is 1.65. The van der Waals surface area contributed by atoms with Crippen LogP contribution in [0.25, 0.3) is 0 Å². The molecule has 2 saturated heterocycles. The second kappa shape index (κ2) is 10.5. The summed E-state index contributed by atoms with van der Waals surface area (Å²) in [4.78, 5) is 25.2. The first-order chi connectivity index (χ1) is 13.3. The number of hydrogen-bond acceptors (Lipinski definition) is 6. The number of allylic oxidation sites excluding steroid dienone is 1. The predicted molar refractivity (Wildman–Crippen MR) is 108 cm³/mol. The third-order valence-electron chi connectivity index (χ3n) is 4.31. The van der Waals surface area contributed by atoms with E-state index in [-0.39, 0.29) is 29.6 Å². The molecule has 2 aliphatic rings. The molecule has 0 saturated carbocycles. The maximum Gasteiger partial charge on any atom is 0.315 e. The van der Waals surface area contributed by atoms with Gasteiger partial charge in [-0.1, -0.05) is 18.6 Å². The normalized spacial score (nSPS) is 23.5. The lowest BCUT2D eigenvalue weighted by molar-refractivity contribution is -0.137. The van der Waals surface area contributed by atoms with E-state index in [1.165, 1.54) is 18.3 Å². The fourth-order valence-electron chi connectivity index (χ4n) is 3.03. The van der Waals surface area contributed by atoms with Gasteiger partial charge in [-0.05, 0) is 31.9 Å². The first kappa shape index (κ1) is 22.2. The molecule has 1 aromatic rings. The fourth-order valence-corrected chi connectivity index (χ4v) is 5.55. The average molecular weight is 428 g/mol. The number of carboxylic acids is 1. The summed E-state index contributed by atoms with van der Waals surface area (Å²) >= 11 is 1.87. The maximum absolute atomic E-state index is 11.3. The number of aliphatic carboxylic acids is 1. The van der Waals surface area contributed by atoms with Crippen molar-refractivity contribution in [3.63, 3.8) is 0 Å². The van der Waals surface area contributed by atoms with Gasteiger partial charge in [-0.25, -0.2) is 18.2 Å². The number of pyridine rings is 1. The SMILES string of the molecule is C/C=C\S(=O)(=O)c1ccccn1.O=C(O)CCCC[C@@H]1SC[C@@H]2NC(=O)N[C@@H]21. The highest BCUT2D eigenvalue weighted by molar-refractivity contribution is 8.00. The van der Waals surface area contributed by atoms with Crippen LogP contribution in [0, 0.1) is 0 Å². The van der Waals surface area contributed by atoms with Gasteiger partial charge in [0.2, 0.25) is 9.84 Å². The Kier molecular flexibility index (Phi) is 8.31. The van der Waals surface area contributed by atoms with Crippen molar-refractivity contribution in [3.05, 3.63) is 35.9 Å². The van der Waals surface area contributed by atoms with Crippen LogP contribution in [0.15, 0.2) is 40.9 Å². The second-order valence-corrected chi connectivity index (χ2v) is 9.50. The Labute approximate surface area is 169 Å². The zero-order valence-electron chi connectivity index (χ0n) is 15.6. The number of amides is 2. The van der Waals surface area contributed by atoms with Crippen molar-refractivity contribution in [2.45, 2.75) is 55.0 Å². The van der Waals surface area contributed by atoms with Gasteiger partial charge in [-0.15, -0.1) is 0 Å². The molecule has 0 unspecified atom stereocenters. The molecule has 154 valence electrons. The zero-order chi connectivity index (χ0) is 20.6. The van der Waals surface area contributed by atoms with Crippen molar-refractivity contribution in [1.82, 2.24) is 15.6 Å². The Morgan fingerprint density at radius 1 is 1.36 bits per heavy atom. The lowest BCUT2D eigenvalue weighted by Crippen LogP contribution is -2.36. The van der Waals surface area contributed by atoms with Gasteiger partial charge in [0.25, 0.3) is 0 Å². The molecule has 3 atom stereocenters. The molecular formula is C18H25N3O5S2. The molecule has 0 bridgehead atoms. The summed E-state index contributed by atoms with van der Waals surface area (Å²) in [7, 11) is -3.30. The summed E-state index contributed by atoms with van der Waals surface area (Å²) < 4.78 is 22.6. The molecule has 0 radical (unpaired) electrons. The van der Waals surface area contributed by atoms with Crippen LogP contribution in [0.4, 0.5) is 4.79 Å². The smallest absolute Gasteiger partial charge is 0.315 e. The van der Waals surface area contributed by atoms with Gasteiger partial charge in [-0.3, -0.25) is 4.79 Å². The number of fused-ring (bicyclic) bond motifs is 1. The van der Waals surface area contributed by atoms with Crippen LogP contribution >= 0.6 is 11.8 Å². The Balaban J connectivity index is 0.000000209. The third-order valence-corrected chi connectivity index (χ3v) is 7.28. The molecule has 3 rings (SSSR count). The summed E-state index contributed by atoms with van der Waals surface area (Å²) in [6, 6.07) is 5.23. The Morgan fingerprint density at radius 3 is 2.79 bits per heavy atom. The molecule has 28 heavy (non-hydrogen) atoms. The first-order valence-electron chi connectivity index (χ1n) is 9.02. The monoisotopic (exact) mass is 427 g/mol. The molecule has 0 aromatic carbocycles. The molecule has 3 N–H and O–H groups in total. The Bertz CT molecular complexity index is 799. The molecule has 0 aliphatic carbocycles. The van der Waals surface area contributed by atoms with Crippen LogP contribution in [0.2, 0.25) is 0 Å². The first-order valence-corrected chi connectivity index (χ1v) is 11.6. The molecule has 3 heterocycles. The number of nitrogens with one attached hydrogen (secondary N) is 2. The van der Waals surface area contributed by atoms with Crippen LogP contribution in [-0.4, -0.2) is 53.6 Å². The van der Waals surface area contributed by atoms with E-state index in [1.807, 2.05) is 11.8 Å². The minimum absolute atomic E-state index is 0.0640. The number of unbranched alkanes of at least 4 members (excludes halogenated alkanes) is 1. The van der Waals surface area contributed by atoms with Crippen LogP contribution in [-0.2, 0) is 14.6 Å². The third kappa shape index (κ3) is 6.52. The highest BCUT2D eigenvalue weighted by atomic mass is 32.2. The highest BCUT2D eigenvalue weighted by Crippen LogP contribution is 2.33. The van der Waals surface area contributed by atoms with Crippen molar-refractivity contribution in [2.24, 2.45) is 0 Å². The van der Waals surface area contributed by atoms with Crippen molar-refractivity contribution < 1.29 is 23.1 Å². The topological polar surface area (TPSA) is 125 Å². The predicted octanol–water partition coefficient (Wildman–Crippen LogP) is 2.19. The van der Waals surface area contributed by atoms with Crippen LogP contribution < -0.4 is 10.6 Å². The molecular weight excluding hydrogens is 402 g/mol. The van der Waals surface area contributed by atoms with E-state index in [2.05, 4.69) is 15.6 Å². The maximum atomic E-state index is 11.3. The number of hydrogen-bond donors (Lipinski definition) is 3. The van der Waals surface area contributed by atoms with Gasteiger partial charge < -0.3 is 15.7 Å². The molecule has 2 fully saturated rings. The van der Waals surface area contributed by atoms with Crippen molar-refractivity contribution in [1.29, 1.82) is 0 Å². The van der Waals surface area contributed by atoms with Gasteiger partial charge in [0.15, 0.2) is 5.03 Å².